The van der Waals surface area contributed by atoms with Gasteiger partial charge < -0.3 is 10.8 Å². The van der Waals surface area contributed by atoms with Crippen LogP contribution in [0.25, 0.3) is 0 Å². The zero-order valence-electron chi connectivity index (χ0n) is 8.97. The lowest BCUT2D eigenvalue weighted by Gasteiger charge is -2.20. The van der Waals surface area contributed by atoms with Gasteiger partial charge in [0.05, 0.1) is 6.04 Å². The zero-order chi connectivity index (χ0) is 11.4. The number of rotatable bonds is 4. The number of amides is 1. The molecule has 0 aliphatic heterocycles. The summed E-state index contributed by atoms with van der Waals surface area (Å²) < 4.78 is 0. The van der Waals surface area contributed by atoms with Crippen molar-refractivity contribution in [2.45, 2.75) is 12.5 Å². The molecule has 0 aliphatic carbocycles. The van der Waals surface area contributed by atoms with E-state index < -0.39 is 0 Å². The third-order valence-corrected chi connectivity index (χ3v) is 2.29. The summed E-state index contributed by atoms with van der Waals surface area (Å²) in [5, 5.41) is 9.27. The fourth-order valence-electron chi connectivity index (χ4n) is 1.44. The van der Waals surface area contributed by atoms with Gasteiger partial charge in [0, 0.05) is 0 Å². The van der Waals surface area contributed by atoms with Gasteiger partial charge in [0.1, 0.15) is 5.75 Å². The van der Waals surface area contributed by atoms with Crippen molar-refractivity contribution in [2.24, 2.45) is 5.73 Å². The molecule has 82 valence electrons. The molecule has 0 spiro atoms. The first-order valence-electron chi connectivity index (χ1n) is 4.74. The summed E-state index contributed by atoms with van der Waals surface area (Å²) in [6.45, 7) is 0. The van der Waals surface area contributed by atoms with Crippen LogP contribution in [0.3, 0.4) is 0 Å². The fraction of sp³-hybridized carbons (Fsp3) is 0.364. The molecule has 0 aromatic heterocycles. The fourth-order valence-corrected chi connectivity index (χ4v) is 1.44. The van der Waals surface area contributed by atoms with Gasteiger partial charge in [-0.15, -0.1) is 0 Å². The smallest absolute Gasteiger partial charge is 0.235 e. The number of hydrogen-bond donors (Lipinski definition) is 2. The highest BCUT2D eigenvalue weighted by Crippen LogP contribution is 2.13. The molecule has 3 N–H and O–H groups in total. The average molecular weight is 208 g/mol. The van der Waals surface area contributed by atoms with E-state index >= 15 is 0 Å². The predicted molar refractivity (Wildman–Crippen MR) is 58.5 cm³/mol. The SMILES string of the molecule is CN(C)C(Cc1cccc(O)c1)C(N)=O. The van der Waals surface area contributed by atoms with Gasteiger partial charge in [0.25, 0.3) is 0 Å². The predicted octanol–water partition coefficient (Wildman–Crippen LogP) is 0.350. The Morgan fingerprint density at radius 3 is 2.67 bits per heavy atom. The van der Waals surface area contributed by atoms with Gasteiger partial charge in [0.15, 0.2) is 0 Å². The Balaban J connectivity index is 2.79. The molecule has 0 aliphatic rings. The van der Waals surface area contributed by atoms with E-state index in [2.05, 4.69) is 0 Å². The van der Waals surface area contributed by atoms with Gasteiger partial charge in [-0.2, -0.15) is 0 Å². The Kier molecular flexibility index (Phi) is 3.68. The van der Waals surface area contributed by atoms with E-state index in [4.69, 9.17) is 5.73 Å². The van der Waals surface area contributed by atoms with Crippen LogP contribution >= 0.6 is 0 Å². The first-order valence-corrected chi connectivity index (χ1v) is 4.74. The quantitative estimate of drug-likeness (QED) is 0.750. The number of benzene rings is 1. The minimum absolute atomic E-state index is 0.203. The van der Waals surface area contributed by atoms with Crippen LogP contribution in [0.4, 0.5) is 0 Å². The molecule has 1 aromatic carbocycles. The minimum atomic E-state index is -0.358. The maximum Gasteiger partial charge on any atom is 0.235 e. The van der Waals surface area contributed by atoms with Crippen molar-refractivity contribution in [3.63, 3.8) is 0 Å². The molecule has 0 bridgehead atoms. The summed E-state index contributed by atoms with van der Waals surface area (Å²) in [7, 11) is 3.61. The van der Waals surface area contributed by atoms with E-state index in [1.54, 1.807) is 37.2 Å². The Labute approximate surface area is 89.3 Å². The molecule has 0 radical (unpaired) electrons. The second kappa shape index (κ2) is 4.79. The highest BCUT2D eigenvalue weighted by molar-refractivity contribution is 5.80. The Morgan fingerprint density at radius 2 is 2.20 bits per heavy atom. The zero-order valence-corrected chi connectivity index (χ0v) is 8.97. The van der Waals surface area contributed by atoms with Gasteiger partial charge in [-0.25, -0.2) is 0 Å². The highest BCUT2D eigenvalue weighted by Gasteiger charge is 2.18. The maximum atomic E-state index is 11.1. The standard InChI is InChI=1S/C11H16N2O2/c1-13(2)10(11(12)15)7-8-4-3-5-9(14)6-8/h3-6,10,14H,7H2,1-2H3,(H2,12,15). The van der Waals surface area contributed by atoms with Crippen molar-refractivity contribution in [2.75, 3.05) is 14.1 Å². The first kappa shape index (κ1) is 11.5. The van der Waals surface area contributed by atoms with E-state index in [0.717, 1.165) is 5.56 Å². The molecule has 0 saturated heterocycles. The molecule has 1 atom stereocenters. The number of nitrogens with two attached hydrogens (primary N) is 1. The van der Waals surface area contributed by atoms with Crippen LogP contribution in [-0.4, -0.2) is 36.1 Å². The molecular weight excluding hydrogens is 192 g/mol. The van der Waals surface area contributed by atoms with E-state index in [-0.39, 0.29) is 17.7 Å². The van der Waals surface area contributed by atoms with Crippen LogP contribution in [0.5, 0.6) is 5.75 Å². The minimum Gasteiger partial charge on any atom is -0.508 e. The van der Waals surface area contributed by atoms with E-state index in [9.17, 15) is 9.90 Å². The third-order valence-electron chi connectivity index (χ3n) is 2.29. The average Bonchev–Trinajstić information content (AvgIpc) is 2.13. The summed E-state index contributed by atoms with van der Waals surface area (Å²) in [5.41, 5.74) is 6.18. The largest absolute Gasteiger partial charge is 0.508 e. The van der Waals surface area contributed by atoms with Crippen molar-refractivity contribution < 1.29 is 9.90 Å². The summed E-state index contributed by atoms with van der Waals surface area (Å²) in [6, 6.07) is 6.50. The van der Waals surface area contributed by atoms with Crippen LogP contribution in [0, 0.1) is 0 Å². The number of phenols is 1. The van der Waals surface area contributed by atoms with Crippen LogP contribution < -0.4 is 5.73 Å². The number of nitrogens with zero attached hydrogens (tertiary/aromatic N) is 1. The number of phenolic OH excluding ortho intramolecular Hbond substituents is 1. The molecule has 1 amide bonds. The number of hydrogen-bond acceptors (Lipinski definition) is 3. The van der Waals surface area contributed by atoms with Gasteiger partial charge >= 0.3 is 0 Å². The Morgan fingerprint density at radius 1 is 1.53 bits per heavy atom. The molecular formula is C11H16N2O2. The normalized spacial score (nSPS) is 12.7. The van der Waals surface area contributed by atoms with E-state index in [1.807, 2.05) is 6.07 Å². The molecule has 0 heterocycles. The summed E-state index contributed by atoms with van der Waals surface area (Å²) in [6.07, 6.45) is 0.511. The monoisotopic (exact) mass is 208 g/mol. The van der Waals surface area contributed by atoms with E-state index in [0.29, 0.717) is 6.42 Å². The lowest BCUT2D eigenvalue weighted by atomic mass is 10.0. The maximum absolute atomic E-state index is 11.1. The molecule has 0 saturated carbocycles. The third kappa shape index (κ3) is 3.25. The van der Waals surface area contributed by atoms with E-state index in [1.165, 1.54) is 0 Å². The molecule has 4 nitrogen and oxygen atoms in total. The second-order valence-corrected chi connectivity index (χ2v) is 3.76. The Bertz CT molecular complexity index is 350. The summed E-state index contributed by atoms with van der Waals surface area (Å²) >= 11 is 0. The molecule has 1 aromatic rings. The van der Waals surface area contributed by atoms with Gasteiger partial charge in [-0.3, -0.25) is 9.69 Å². The molecule has 15 heavy (non-hydrogen) atoms. The van der Waals surface area contributed by atoms with Crippen LogP contribution in [0.1, 0.15) is 5.56 Å². The number of likely N-dealkylation sites (N-methyl/N-ethyl adjacent to an activating group) is 1. The molecule has 1 unspecified atom stereocenters. The first-order chi connectivity index (χ1) is 7.00. The van der Waals surface area contributed by atoms with Crippen molar-refractivity contribution >= 4 is 5.91 Å². The molecule has 4 heteroatoms. The van der Waals surface area contributed by atoms with Crippen LogP contribution in [-0.2, 0) is 11.2 Å². The van der Waals surface area contributed by atoms with Crippen molar-refractivity contribution in [1.82, 2.24) is 4.90 Å². The topological polar surface area (TPSA) is 66.6 Å². The van der Waals surface area contributed by atoms with Gasteiger partial charge in [-0.05, 0) is 38.2 Å². The Hall–Kier alpha value is -1.55. The number of primary amides is 1. The van der Waals surface area contributed by atoms with Gasteiger partial charge in [-0.1, -0.05) is 12.1 Å². The van der Waals surface area contributed by atoms with Crippen LogP contribution in [0.15, 0.2) is 24.3 Å². The second-order valence-electron chi connectivity index (χ2n) is 3.76. The number of carbonyl (C=O) groups is 1. The molecule has 0 fully saturated rings. The number of aromatic hydroxyl groups is 1. The lowest BCUT2D eigenvalue weighted by molar-refractivity contribution is -0.122. The van der Waals surface area contributed by atoms with Crippen molar-refractivity contribution in [3.05, 3.63) is 29.8 Å². The highest BCUT2D eigenvalue weighted by atomic mass is 16.3. The summed E-state index contributed by atoms with van der Waals surface area (Å²) in [4.78, 5) is 12.9. The number of carbonyl (C=O) groups excluding carboxylic acids is 1. The molecule has 1 rings (SSSR count). The van der Waals surface area contributed by atoms with Crippen molar-refractivity contribution in [3.8, 4) is 5.75 Å². The lowest BCUT2D eigenvalue weighted by Crippen LogP contribution is -2.41. The van der Waals surface area contributed by atoms with Crippen LogP contribution in [0.2, 0.25) is 0 Å². The summed E-state index contributed by atoms with van der Waals surface area (Å²) in [5.74, 6) is -0.155. The van der Waals surface area contributed by atoms with Gasteiger partial charge in [0.2, 0.25) is 5.91 Å². The van der Waals surface area contributed by atoms with Crippen molar-refractivity contribution in [1.29, 1.82) is 0 Å².